The van der Waals surface area contributed by atoms with Crippen LogP contribution in [0.1, 0.15) is 38.7 Å². The Labute approximate surface area is 201 Å². The fourth-order valence-corrected chi connectivity index (χ4v) is 4.34. The summed E-state index contributed by atoms with van der Waals surface area (Å²) in [5.41, 5.74) is 5.08. The van der Waals surface area contributed by atoms with Crippen molar-refractivity contribution in [1.82, 2.24) is 4.90 Å². The topological polar surface area (TPSA) is 57.2 Å². The van der Waals surface area contributed by atoms with Crippen molar-refractivity contribution in [2.75, 3.05) is 34.5 Å². The summed E-state index contributed by atoms with van der Waals surface area (Å²) in [4.78, 5) is 15.6. The number of methoxy groups -OCH3 is 3. The molecule has 0 unspecified atom stereocenters. The predicted octanol–water partition coefficient (Wildman–Crippen LogP) is 5.15. The third kappa shape index (κ3) is 4.67. The highest BCUT2D eigenvalue weighted by Gasteiger charge is 2.33. The Hall–Kier alpha value is -3.67. The first-order valence-electron chi connectivity index (χ1n) is 11.3. The molecule has 1 aliphatic rings. The summed E-state index contributed by atoms with van der Waals surface area (Å²) < 4.78 is 22.5. The third-order valence-electron chi connectivity index (χ3n) is 6.48. The van der Waals surface area contributed by atoms with Crippen LogP contribution in [0.25, 0.3) is 0 Å². The fraction of sp³-hybridized carbons (Fsp3) is 0.321. The van der Waals surface area contributed by atoms with Crippen LogP contribution in [0.15, 0.2) is 54.6 Å². The number of amides is 1. The molecule has 0 N–H and O–H groups in total. The molecule has 1 heterocycles. The van der Waals surface area contributed by atoms with Crippen LogP contribution in [0.3, 0.4) is 0 Å². The van der Waals surface area contributed by atoms with E-state index in [1.54, 1.807) is 21.3 Å². The summed E-state index contributed by atoms with van der Waals surface area (Å²) in [5, 5.41) is 0. The summed E-state index contributed by atoms with van der Waals surface area (Å²) in [6.07, 6.45) is 0.727. The molecule has 0 spiro atoms. The second-order valence-corrected chi connectivity index (χ2v) is 8.46. The predicted molar refractivity (Wildman–Crippen MR) is 131 cm³/mol. The van der Waals surface area contributed by atoms with E-state index in [-0.39, 0.29) is 11.9 Å². The van der Waals surface area contributed by atoms with Crippen molar-refractivity contribution in [2.24, 2.45) is 0 Å². The quantitative estimate of drug-likeness (QED) is 0.487. The molecule has 6 heteroatoms. The number of carbonyl (C=O) groups is 1. The summed E-state index contributed by atoms with van der Waals surface area (Å²) in [6.45, 7) is 4.97. The zero-order valence-electron chi connectivity index (χ0n) is 20.4. The fourth-order valence-electron chi connectivity index (χ4n) is 4.34. The van der Waals surface area contributed by atoms with Crippen molar-refractivity contribution in [3.63, 3.8) is 0 Å². The van der Waals surface area contributed by atoms with Crippen LogP contribution in [0.2, 0.25) is 0 Å². The van der Waals surface area contributed by atoms with Crippen LogP contribution in [0.4, 0.5) is 0 Å². The molecule has 0 saturated carbocycles. The lowest BCUT2D eigenvalue weighted by Gasteiger charge is -2.37. The number of hydrogen-bond donors (Lipinski definition) is 0. The van der Waals surface area contributed by atoms with Crippen LogP contribution in [0, 0.1) is 13.8 Å². The van der Waals surface area contributed by atoms with Crippen LogP contribution in [0.5, 0.6) is 23.0 Å². The Bertz CT molecular complexity index is 1170. The van der Waals surface area contributed by atoms with E-state index in [9.17, 15) is 4.79 Å². The molecular formula is C28H31NO5. The zero-order valence-corrected chi connectivity index (χ0v) is 20.4. The molecule has 34 heavy (non-hydrogen) atoms. The average Bonchev–Trinajstić information content (AvgIpc) is 2.87. The number of carbonyl (C=O) groups excluding carboxylic acids is 1. The molecule has 0 fully saturated rings. The summed E-state index contributed by atoms with van der Waals surface area (Å²) >= 11 is 0. The summed E-state index contributed by atoms with van der Waals surface area (Å²) in [5.74, 6) is 2.79. The summed E-state index contributed by atoms with van der Waals surface area (Å²) in [7, 11) is 4.88. The third-order valence-corrected chi connectivity index (χ3v) is 6.48. The van der Waals surface area contributed by atoms with Crippen molar-refractivity contribution in [3.8, 4) is 23.0 Å². The van der Waals surface area contributed by atoms with E-state index in [0.29, 0.717) is 36.0 Å². The van der Waals surface area contributed by atoms with Gasteiger partial charge in [0.25, 0.3) is 5.91 Å². The number of nitrogens with zero attached hydrogens (tertiary/aromatic N) is 1. The van der Waals surface area contributed by atoms with Crippen molar-refractivity contribution in [3.05, 3.63) is 82.4 Å². The maximum absolute atomic E-state index is 13.7. The van der Waals surface area contributed by atoms with Gasteiger partial charge in [-0.2, -0.15) is 0 Å². The molecule has 0 saturated heterocycles. The van der Waals surface area contributed by atoms with Crippen molar-refractivity contribution in [1.29, 1.82) is 0 Å². The molecule has 1 atom stereocenters. The Balaban J connectivity index is 1.69. The number of ether oxygens (including phenoxy) is 4. The number of rotatable bonds is 7. The molecule has 3 aromatic rings. The average molecular weight is 462 g/mol. The smallest absolute Gasteiger partial charge is 0.254 e. The highest BCUT2D eigenvalue weighted by atomic mass is 16.5. The summed E-state index contributed by atoms with van der Waals surface area (Å²) in [6, 6.07) is 17.0. The van der Waals surface area contributed by atoms with E-state index in [0.717, 1.165) is 34.4 Å². The highest BCUT2D eigenvalue weighted by Crippen LogP contribution is 2.39. The molecule has 0 bridgehead atoms. The van der Waals surface area contributed by atoms with Gasteiger partial charge in [0, 0.05) is 12.1 Å². The monoisotopic (exact) mass is 461 g/mol. The Morgan fingerprint density at radius 3 is 2.18 bits per heavy atom. The Kier molecular flexibility index (Phi) is 6.96. The lowest BCUT2D eigenvalue weighted by atomic mass is 9.91. The first-order chi connectivity index (χ1) is 16.4. The van der Waals surface area contributed by atoms with Gasteiger partial charge < -0.3 is 23.8 Å². The zero-order chi connectivity index (χ0) is 24.2. The normalized spacial score (nSPS) is 14.9. The van der Waals surface area contributed by atoms with Gasteiger partial charge in [-0.05, 0) is 91.1 Å². The molecule has 0 aliphatic carbocycles. The number of hydrogen-bond acceptors (Lipinski definition) is 5. The van der Waals surface area contributed by atoms with Gasteiger partial charge in [0.15, 0.2) is 11.5 Å². The maximum Gasteiger partial charge on any atom is 0.254 e. The lowest BCUT2D eigenvalue weighted by Crippen LogP contribution is -2.42. The van der Waals surface area contributed by atoms with Crippen LogP contribution in [-0.4, -0.2) is 45.3 Å². The van der Waals surface area contributed by atoms with Gasteiger partial charge in [0.2, 0.25) is 0 Å². The van der Waals surface area contributed by atoms with Crippen LogP contribution in [-0.2, 0) is 6.42 Å². The first-order valence-corrected chi connectivity index (χ1v) is 11.3. The second kappa shape index (κ2) is 10.1. The van der Waals surface area contributed by atoms with Gasteiger partial charge in [-0.25, -0.2) is 0 Å². The molecule has 3 aromatic carbocycles. The molecule has 1 amide bonds. The Morgan fingerprint density at radius 2 is 1.53 bits per heavy atom. The first kappa shape index (κ1) is 23.5. The van der Waals surface area contributed by atoms with Gasteiger partial charge in [-0.1, -0.05) is 6.07 Å². The van der Waals surface area contributed by atoms with E-state index < -0.39 is 0 Å². The minimum Gasteiger partial charge on any atom is -0.497 e. The van der Waals surface area contributed by atoms with E-state index in [1.165, 1.54) is 0 Å². The largest absolute Gasteiger partial charge is 0.497 e. The molecule has 0 aromatic heterocycles. The van der Waals surface area contributed by atoms with E-state index in [1.807, 2.05) is 73.3 Å². The minimum absolute atomic E-state index is 0.00753. The van der Waals surface area contributed by atoms with Gasteiger partial charge in [0.1, 0.15) is 18.1 Å². The molecule has 1 aliphatic heterocycles. The Morgan fingerprint density at radius 1 is 0.853 bits per heavy atom. The molecule has 6 nitrogen and oxygen atoms in total. The molecule has 178 valence electrons. The number of fused-ring (bicyclic) bond motifs is 1. The molecule has 0 radical (unpaired) electrons. The van der Waals surface area contributed by atoms with E-state index in [4.69, 9.17) is 18.9 Å². The van der Waals surface area contributed by atoms with Gasteiger partial charge >= 0.3 is 0 Å². The SMILES string of the molecule is COc1ccc(OC[C@@H]2c3cc(OC)c(OC)cc3CCN2C(=O)c2ccc(C)c(C)c2)cc1. The number of benzene rings is 3. The van der Waals surface area contributed by atoms with Crippen molar-refractivity contribution in [2.45, 2.75) is 26.3 Å². The van der Waals surface area contributed by atoms with Crippen LogP contribution < -0.4 is 18.9 Å². The van der Waals surface area contributed by atoms with Crippen LogP contribution >= 0.6 is 0 Å². The van der Waals surface area contributed by atoms with Crippen molar-refractivity contribution < 1.29 is 23.7 Å². The molecule has 4 rings (SSSR count). The van der Waals surface area contributed by atoms with E-state index >= 15 is 0 Å². The van der Waals surface area contributed by atoms with Gasteiger partial charge in [0.05, 0.1) is 27.4 Å². The van der Waals surface area contributed by atoms with Gasteiger partial charge in [-0.3, -0.25) is 4.79 Å². The lowest BCUT2D eigenvalue weighted by molar-refractivity contribution is 0.0589. The van der Waals surface area contributed by atoms with Crippen molar-refractivity contribution >= 4 is 5.91 Å². The second-order valence-electron chi connectivity index (χ2n) is 8.46. The van der Waals surface area contributed by atoms with Gasteiger partial charge in [-0.15, -0.1) is 0 Å². The maximum atomic E-state index is 13.7. The standard InChI is InChI=1S/C28H31NO5/c1-18-6-7-21(14-19(18)2)28(30)29-13-12-20-15-26(32-4)27(33-5)16-24(20)25(29)17-34-23-10-8-22(31-3)9-11-23/h6-11,14-16,25H,12-13,17H2,1-5H3/t25-/m1/s1. The molecular weight excluding hydrogens is 430 g/mol. The highest BCUT2D eigenvalue weighted by molar-refractivity contribution is 5.95. The minimum atomic E-state index is -0.278. The number of aryl methyl sites for hydroxylation is 2. The van der Waals surface area contributed by atoms with E-state index in [2.05, 4.69) is 0 Å².